The molecule has 0 saturated heterocycles. The molecule has 1 amide bonds. The number of benzene rings is 3. The summed E-state index contributed by atoms with van der Waals surface area (Å²) >= 11 is 6.58. The van der Waals surface area contributed by atoms with Gasteiger partial charge in [-0.15, -0.1) is 0 Å². The minimum absolute atomic E-state index is 0.0466. The summed E-state index contributed by atoms with van der Waals surface area (Å²) in [5, 5.41) is 8.90. The van der Waals surface area contributed by atoms with Crippen molar-refractivity contribution >= 4 is 45.1 Å². The van der Waals surface area contributed by atoms with Gasteiger partial charge in [-0.2, -0.15) is 0 Å². The lowest BCUT2D eigenvalue weighted by Crippen LogP contribution is -2.34. The van der Waals surface area contributed by atoms with Gasteiger partial charge in [0.05, 0.1) is 10.5 Å². The van der Waals surface area contributed by atoms with E-state index in [0.29, 0.717) is 44.9 Å². The van der Waals surface area contributed by atoms with Gasteiger partial charge in [-0.25, -0.2) is 0 Å². The molecule has 2 atom stereocenters. The van der Waals surface area contributed by atoms with Crippen molar-refractivity contribution in [2.24, 2.45) is 5.92 Å². The third-order valence-corrected chi connectivity index (χ3v) is 8.19. The van der Waals surface area contributed by atoms with Gasteiger partial charge in [-0.1, -0.05) is 71.7 Å². The van der Waals surface area contributed by atoms with Crippen LogP contribution in [0, 0.1) is 12.8 Å². The number of hydrogen-bond donors (Lipinski definition) is 1. The molecule has 40 heavy (non-hydrogen) atoms. The molecule has 1 N–H and O–H groups in total. The van der Waals surface area contributed by atoms with Crippen LogP contribution in [0.25, 0.3) is 21.8 Å². The summed E-state index contributed by atoms with van der Waals surface area (Å²) in [7, 11) is 0. The summed E-state index contributed by atoms with van der Waals surface area (Å²) in [6, 6.07) is 21.3. The standard InChI is InChI=1S/C32H28ClN3O4/c1-19-27-29(35-40-19)28-25(33)14-7-15-26(28)36(32(27)39)24-13-5-8-20(16-24)18-34-31(38)23-12-6-11-22(17-23)30(37)21-9-3-2-4-10-21/h2-4,6-7,9-12,14-15,17,20,24H,5,8,13,16,18H2,1H3,(H,34,38)/t20-,24+/m1/s1. The third-order valence-electron chi connectivity index (χ3n) is 7.88. The van der Waals surface area contributed by atoms with Gasteiger partial charge in [0.1, 0.15) is 16.7 Å². The fourth-order valence-electron chi connectivity index (χ4n) is 5.91. The molecule has 2 aromatic heterocycles. The van der Waals surface area contributed by atoms with Crippen LogP contribution < -0.4 is 10.9 Å². The first kappa shape index (κ1) is 26.0. The first-order chi connectivity index (χ1) is 19.4. The Bertz CT molecular complexity index is 1810. The Labute approximate surface area is 235 Å². The van der Waals surface area contributed by atoms with Crippen molar-refractivity contribution in [2.75, 3.05) is 6.54 Å². The number of nitrogens with one attached hydrogen (secondary N) is 1. The van der Waals surface area contributed by atoms with Crippen molar-refractivity contribution in [3.63, 3.8) is 0 Å². The van der Waals surface area contributed by atoms with E-state index >= 15 is 0 Å². The third kappa shape index (κ3) is 4.71. The summed E-state index contributed by atoms with van der Waals surface area (Å²) in [5.74, 6) is 0.323. The second-order valence-electron chi connectivity index (χ2n) is 10.4. The van der Waals surface area contributed by atoms with E-state index in [0.717, 1.165) is 36.6 Å². The Balaban J connectivity index is 1.21. The smallest absolute Gasteiger partial charge is 0.264 e. The predicted octanol–water partition coefficient (Wildman–Crippen LogP) is 6.50. The lowest BCUT2D eigenvalue weighted by Gasteiger charge is -2.31. The number of pyridine rings is 1. The Hall–Kier alpha value is -4.23. The van der Waals surface area contributed by atoms with Gasteiger partial charge >= 0.3 is 0 Å². The summed E-state index contributed by atoms with van der Waals surface area (Å²) < 4.78 is 7.23. The van der Waals surface area contributed by atoms with Gasteiger partial charge < -0.3 is 14.4 Å². The SMILES string of the molecule is Cc1onc2c1c(=O)n([C@H]1CCC[C@@H](CNC(=O)c3cccc(C(=O)c4ccccc4)c3)C1)c1cccc(Cl)c21. The number of aromatic nitrogens is 2. The average Bonchev–Trinajstić information content (AvgIpc) is 3.38. The van der Waals surface area contributed by atoms with Crippen LogP contribution in [-0.2, 0) is 0 Å². The molecule has 3 aromatic carbocycles. The van der Waals surface area contributed by atoms with Crippen LogP contribution in [0.15, 0.2) is 82.1 Å². The fraction of sp³-hybridized carbons (Fsp3) is 0.250. The summed E-state index contributed by atoms with van der Waals surface area (Å²) in [6.07, 6.45) is 3.47. The molecule has 1 aliphatic carbocycles. The highest BCUT2D eigenvalue weighted by atomic mass is 35.5. The first-order valence-electron chi connectivity index (χ1n) is 13.5. The molecule has 1 fully saturated rings. The van der Waals surface area contributed by atoms with Crippen LogP contribution in [0.4, 0.5) is 0 Å². The number of halogens is 1. The van der Waals surface area contributed by atoms with Crippen LogP contribution in [0.1, 0.15) is 63.8 Å². The van der Waals surface area contributed by atoms with E-state index in [1.807, 2.05) is 34.9 Å². The molecule has 0 radical (unpaired) electrons. The molecule has 1 saturated carbocycles. The number of aryl methyl sites for hydroxylation is 1. The normalized spacial score (nSPS) is 17.2. The Morgan fingerprint density at radius 1 is 0.975 bits per heavy atom. The molecule has 0 spiro atoms. The Kier molecular flexibility index (Phi) is 6.98. The molecule has 1 aliphatic rings. The zero-order chi connectivity index (χ0) is 27.8. The molecule has 2 heterocycles. The number of fused-ring (bicyclic) bond motifs is 3. The number of hydrogen-bond acceptors (Lipinski definition) is 5. The molecule has 6 rings (SSSR count). The first-order valence-corrected chi connectivity index (χ1v) is 13.9. The maximum absolute atomic E-state index is 13.7. The van der Waals surface area contributed by atoms with Crippen molar-refractivity contribution in [1.29, 1.82) is 0 Å². The molecule has 0 aliphatic heterocycles. The van der Waals surface area contributed by atoms with Crippen LogP contribution in [0.2, 0.25) is 5.02 Å². The molecular formula is C32H28ClN3O4. The Morgan fingerprint density at radius 3 is 2.55 bits per heavy atom. The average molecular weight is 554 g/mol. The van der Waals surface area contributed by atoms with Gasteiger partial charge in [0, 0.05) is 34.7 Å². The molecule has 202 valence electrons. The van der Waals surface area contributed by atoms with Gasteiger partial charge in [0.15, 0.2) is 5.78 Å². The fourth-order valence-corrected chi connectivity index (χ4v) is 6.17. The quantitative estimate of drug-likeness (QED) is 0.242. The zero-order valence-corrected chi connectivity index (χ0v) is 22.8. The topological polar surface area (TPSA) is 94.2 Å². The zero-order valence-electron chi connectivity index (χ0n) is 22.0. The van der Waals surface area contributed by atoms with Crippen LogP contribution >= 0.6 is 11.6 Å². The summed E-state index contributed by atoms with van der Waals surface area (Å²) in [5.41, 5.74) is 2.61. The lowest BCUT2D eigenvalue weighted by molar-refractivity contribution is 0.0940. The maximum atomic E-state index is 13.7. The van der Waals surface area contributed by atoms with Gasteiger partial charge in [0.2, 0.25) is 0 Å². The lowest BCUT2D eigenvalue weighted by atomic mass is 9.85. The molecule has 8 heteroatoms. The molecule has 0 bridgehead atoms. The van der Waals surface area contributed by atoms with Gasteiger partial charge in [-0.3, -0.25) is 14.4 Å². The van der Waals surface area contributed by atoms with Crippen molar-refractivity contribution in [3.8, 4) is 0 Å². The van der Waals surface area contributed by atoms with E-state index in [2.05, 4.69) is 10.5 Å². The van der Waals surface area contributed by atoms with Gasteiger partial charge in [0.25, 0.3) is 11.5 Å². The van der Waals surface area contributed by atoms with Crippen LogP contribution in [-0.4, -0.2) is 28.0 Å². The Morgan fingerprint density at radius 2 is 1.73 bits per heavy atom. The molecule has 0 unspecified atom stereocenters. The van der Waals surface area contributed by atoms with E-state index in [4.69, 9.17) is 16.1 Å². The molecule has 5 aromatic rings. The molecule has 7 nitrogen and oxygen atoms in total. The van der Waals surface area contributed by atoms with Crippen LogP contribution in [0.5, 0.6) is 0 Å². The van der Waals surface area contributed by atoms with Crippen molar-refractivity contribution in [2.45, 2.75) is 38.6 Å². The minimum atomic E-state index is -0.222. The van der Waals surface area contributed by atoms with Crippen LogP contribution in [0.3, 0.4) is 0 Å². The number of nitrogens with zero attached hydrogens (tertiary/aromatic N) is 2. The second-order valence-corrected chi connectivity index (χ2v) is 10.9. The highest BCUT2D eigenvalue weighted by molar-refractivity contribution is 6.37. The molecular weight excluding hydrogens is 526 g/mol. The summed E-state index contributed by atoms with van der Waals surface area (Å²) in [4.78, 5) is 39.6. The van der Waals surface area contributed by atoms with E-state index in [1.165, 1.54) is 0 Å². The number of rotatable bonds is 6. The van der Waals surface area contributed by atoms with E-state index < -0.39 is 0 Å². The monoisotopic (exact) mass is 553 g/mol. The maximum Gasteiger partial charge on any atom is 0.264 e. The largest absolute Gasteiger partial charge is 0.360 e. The van der Waals surface area contributed by atoms with Crippen molar-refractivity contribution in [3.05, 3.63) is 111 Å². The van der Waals surface area contributed by atoms with Gasteiger partial charge in [-0.05, 0) is 56.4 Å². The number of amides is 1. The number of carbonyl (C=O) groups excluding carboxylic acids is 2. The predicted molar refractivity (Wildman–Crippen MR) is 155 cm³/mol. The highest BCUT2D eigenvalue weighted by Gasteiger charge is 2.28. The second kappa shape index (κ2) is 10.7. The summed E-state index contributed by atoms with van der Waals surface area (Å²) in [6.45, 7) is 2.22. The van der Waals surface area contributed by atoms with E-state index in [1.54, 1.807) is 49.4 Å². The number of ketones is 1. The highest BCUT2D eigenvalue weighted by Crippen LogP contribution is 2.37. The number of carbonyl (C=O) groups is 2. The van der Waals surface area contributed by atoms with E-state index in [9.17, 15) is 14.4 Å². The van der Waals surface area contributed by atoms with Crippen molar-refractivity contribution in [1.82, 2.24) is 15.0 Å². The minimum Gasteiger partial charge on any atom is -0.360 e. The van der Waals surface area contributed by atoms with Crippen molar-refractivity contribution < 1.29 is 14.1 Å². The van der Waals surface area contributed by atoms with E-state index in [-0.39, 0.29) is 29.2 Å².